The zero-order valence-electron chi connectivity index (χ0n) is 16.3. The molecular formula is C20H23N5O3. The van der Waals surface area contributed by atoms with Gasteiger partial charge in [-0.1, -0.05) is 35.0 Å². The molecule has 0 radical (unpaired) electrons. The first kappa shape index (κ1) is 19.3. The average molecular weight is 381 g/mol. The third-order valence-corrected chi connectivity index (χ3v) is 4.54. The molecule has 0 saturated heterocycles. The highest BCUT2D eigenvalue weighted by Crippen LogP contribution is 2.34. The van der Waals surface area contributed by atoms with Crippen LogP contribution in [0.5, 0.6) is 11.5 Å². The Morgan fingerprint density at radius 1 is 1.18 bits per heavy atom. The van der Waals surface area contributed by atoms with Crippen LogP contribution in [-0.2, 0) is 11.2 Å². The lowest BCUT2D eigenvalue weighted by atomic mass is 9.96. The number of carbonyl (C=O) groups is 1. The molecule has 1 atom stereocenters. The molecule has 1 heterocycles. The molecule has 146 valence electrons. The van der Waals surface area contributed by atoms with E-state index >= 15 is 0 Å². The second-order valence-electron chi connectivity index (χ2n) is 6.49. The molecule has 0 aliphatic rings. The second kappa shape index (κ2) is 8.51. The number of H-pyrrole nitrogens is 1. The lowest BCUT2D eigenvalue weighted by molar-refractivity contribution is -0.117. The van der Waals surface area contributed by atoms with Gasteiger partial charge >= 0.3 is 0 Å². The molecule has 1 amide bonds. The molecular weight excluding hydrogens is 358 g/mol. The third kappa shape index (κ3) is 4.11. The summed E-state index contributed by atoms with van der Waals surface area (Å²) in [5.74, 6) is 0.616. The maximum absolute atomic E-state index is 13.1. The molecule has 1 aromatic heterocycles. The Bertz CT molecular complexity index is 956. The molecule has 8 heteroatoms. The number of nitrogens with one attached hydrogen (secondary N) is 2. The van der Waals surface area contributed by atoms with Crippen LogP contribution in [0.15, 0.2) is 36.4 Å². The second-order valence-corrected chi connectivity index (χ2v) is 6.49. The predicted molar refractivity (Wildman–Crippen MR) is 105 cm³/mol. The average Bonchev–Trinajstić information content (AvgIpc) is 3.22. The number of methoxy groups -OCH3 is 2. The Morgan fingerprint density at radius 3 is 2.64 bits per heavy atom. The van der Waals surface area contributed by atoms with Crippen LogP contribution in [0, 0.1) is 13.8 Å². The van der Waals surface area contributed by atoms with Gasteiger partial charge in [0.05, 0.1) is 14.2 Å². The molecule has 0 aliphatic carbocycles. The Balaban J connectivity index is 1.91. The van der Waals surface area contributed by atoms with Crippen LogP contribution in [0.3, 0.4) is 0 Å². The zero-order valence-corrected chi connectivity index (χ0v) is 16.3. The minimum absolute atomic E-state index is 0.224. The van der Waals surface area contributed by atoms with Crippen LogP contribution in [0.25, 0.3) is 0 Å². The van der Waals surface area contributed by atoms with Crippen molar-refractivity contribution in [2.24, 2.45) is 0 Å². The van der Waals surface area contributed by atoms with Gasteiger partial charge in [0.15, 0.2) is 17.3 Å². The van der Waals surface area contributed by atoms with E-state index in [9.17, 15) is 4.79 Å². The quantitative estimate of drug-likeness (QED) is 0.652. The van der Waals surface area contributed by atoms with Crippen molar-refractivity contribution < 1.29 is 14.3 Å². The van der Waals surface area contributed by atoms with Crippen molar-refractivity contribution in [1.82, 2.24) is 20.6 Å². The van der Waals surface area contributed by atoms with E-state index in [0.717, 1.165) is 22.4 Å². The molecule has 3 aromatic rings. The lowest BCUT2D eigenvalue weighted by Gasteiger charge is -2.18. The first-order valence-corrected chi connectivity index (χ1v) is 8.84. The topological polar surface area (TPSA) is 102 Å². The fourth-order valence-electron chi connectivity index (χ4n) is 3.13. The maximum Gasteiger partial charge on any atom is 0.235 e. The Kier molecular flexibility index (Phi) is 5.88. The maximum atomic E-state index is 13.1. The summed E-state index contributed by atoms with van der Waals surface area (Å²) in [5, 5.41) is 17.1. The number of amides is 1. The molecule has 28 heavy (non-hydrogen) atoms. The number of tetrazole rings is 1. The summed E-state index contributed by atoms with van der Waals surface area (Å²) in [6.45, 7) is 3.97. The first-order valence-electron chi connectivity index (χ1n) is 8.84. The standard InChI is InChI=1S/C20H23N5O3/c1-12-8-9-16(13(2)10-12)21-20(26)15(19-22-24-25-23-19)11-14-6-5-7-17(27-3)18(14)28-4/h5-10,15H,11H2,1-4H3,(H,21,26)(H,22,23,24,25)/t15-/m1/s1. The first-order chi connectivity index (χ1) is 13.5. The van der Waals surface area contributed by atoms with Gasteiger partial charge in [0.25, 0.3) is 0 Å². The van der Waals surface area contributed by atoms with Crippen LogP contribution in [0.1, 0.15) is 28.4 Å². The third-order valence-electron chi connectivity index (χ3n) is 4.54. The fourth-order valence-corrected chi connectivity index (χ4v) is 3.13. The lowest BCUT2D eigenvalue weighted by Crippen LogP contribution is -2.24. The van der Waals surface area contributed by atoms with E-state index in [0.29, 0.717) is 23.7 Å². The molecule has 0 saturated carbocycles. The van der Waals surface area contributed by atoms with Crippen molar-refractivity contribution in [3.8, 4) is 11.5 Å². The van der Waals surface area contributed by atoms with Gasteiger partial charge in [-0.05, 0) is 43.5 Å². The summed E-state index contributed by atoms with van der Waals surface area (Å²) in [5.41, 5.74) is 3.68. The van der Waals surface area contributed by atoms with Crippen molar-refractivity contribution in [3.05, 3.63) is 58.9 Å². The normalized spacial score (nSPS) is 11.7. The number of para-hydroxylation sites is 1. The SMILES string of the molecule is COc1cccc(C[C@@H](C(=O)Nc2ccc(C)cc2C)c2nn[nH]n2)c1OC. The predicted octanol–water partition coefficient (Wildman–Crippen LogP) is 2.80. The Morgan fingerprint density at radius 2 is 2.00 bits per heavy atom. The van der Waals surface area contributed by atoms with Crippen molar-refractivity contribution in [1.29, 1.82) is 0 Å². The number of anilines is 1. The van der Waals surface area contributed by atoms with Gasteiger partial charge in [-0.25, -0.2) is 0 Å². The van der Waals surface area contributed by atoms with Crippen molar-refractivity contribution in [3.63, 3.8) is 0 Å². The number of ether oxygens (including phenoxy) is 2. The largest absolute Gasteiger partial charge is 0.493 e. The molecule has 8 nitrogen and oxygen atoms in total. The van der Waals surface area contributed by atoms with Gasteiger partial charge in [-0.2, -0.15) is 5.21 Å². The number of hydrogen-bond acceptors (Lipinski definition) is 6. The van der Waals surface area contributed by atoms with Crippen LogP contribution in [-0.4, -0.2) is 40.8 Å². The van der Waals surface area contributed by atoms with Gasteiger partial charge < -0.3 is 14.8 Å². The number of aromatic nitrogens is 4. The summed E-state index contributed by atoms with van der Waals surface area (Å²) >= 11 is 0. The van der Waals surface area contributed by atoms with E-state index in [1.165, 1.54) is 0 Å². The minimum atomic E-state index is -0.652. The number of aryl methyl sites for hydroxylation is 2. The van der Waals surface area contributed by atoms with Crippen LogP contribution in [0.2, 0.25) is 0 Å². The number of hydrogen-bond donors (Lipinski definition) is 2. The van der Waals surface area contributed by atoms with E-state index in [2.05, 4.69) is 25.9 Å². The van der Waals surface area contributed by atoms with Crippen LogP contribution < -0.4 is 14.8 Å². The van der Waals surface area contributed by atoms with Crippen molar-refractivity contribution in [2.75, 3.05) is 19.5 Å². The molecule has 3 rings (SSSR count). The van der Waals surface area contributed by atoms with Gasteiger partial charge in [0, 0.05) is 5.69 Å². The Labute approximate surface area is 163 Å². The zero-order chi connectivity index (χ0) is 20.1. The van der Waals surface area contributed by atoms with E-state index in [4.69, 9.17) is 9.47 Å². The van der Waals surface area contributed by atoms with Crippen molar-refractivity contribution in [2.45, 2.75) is 26.2 Å². The van der Waals surface area contributed by atoms with E-state index in [1.807, 2.05) is 44.2 Å². The summed E-state index contributed by atoms with van der Waals surface area (Å²) in [7, 11) is 3.14. The van der Waals surface area contributed by atoms with E-state index in [-0.39, 0.29) is 5.91 Å². The number of aromatic amines is 1. The molecule has 0 fully saturated rings. The van der Waals surface area contributed by atoms with Gasteiger partial charge in [-0.3, -0.25) is 4.79 Å². The van der Waals surface area contributed by atoms with Crippen LogP contribution >= 0.6 is 0 Å². The summed E-state index contributed by atoms with van der Waals surface area (Å²) in [6, 6.07) is 11.4. The summed E-state index contributed by atoms with van der Waals surface area (Å²) < 4.78 is 10.9. The fraction of sp³-hybridized carbons (Fsp3) is 0.300. The summed E-state index contributed by atoms with van der Waals surface area (Å²) in [6.07, 6.45) is 0.330. The molecule has 0 unspecified atom stereocenters. The smallest absolute Gasteiger partial charge is 0.235 e. The molecule has 0 aliphatic heterocycles. The summed E-state index contributed by atoms with van der Waals surface area (Å²) in [4.78, 5) is 13.1. The molecule has 2 N–H and O–H groups in total. The monoisotopic (exact) mass is 381 g/mol. The van der Waals surface area contributed by atoms with Crippen molar-refractivity contribution >= 4 is 11.6 Å². The van der Waals surface area contributed by atoms with Gasteiger partial charge in [-0.15, -0.1) is 10.2 Å². The minimum Gasteiger partial charge on any atom is -0.493 e. The highest BCUT2D eigenvalue weighted by Gasteiger charge is 2.27. The van der Waals surface area contributed by atoms with Gasteiger partial charge in [0.2, 0.25) is 5.91 Å². The highest BCUT2D eigenvalue weighted by atomic mass is 16.5. The van der Waals surface area contributed by atoms with E-state index in [1.54, 1.807) is 20.3 Å². The number of rotatable bonds is 7. The molecule has 2 aromatic carbocycles. The highest BCUT2D eigenvalue weighted by molar-refractivity contribution is 5.96. The van der Waals surface area contributed by atoms with Crippen LogP contribution in [0.4, 0.5) is 5.69 Å². The number of benzene rings is 2. The number of nitrogens with zero attached hydrogens (tertiary/aromatic N) is 3. The molecule has 0 bridgehead atoms. The van der Waals surface area contributed by atoms with Gasteiger partial charge in [0.1, 0.15) is 5.92 Å². The molecule has 0 spiro atoms. The Hall–Kier alpha value is -3.42. The van der Waals surface area contributed by atoms with E-state index < -0.39 is 5.92 Å². The number of carbonyl (C=O) groups excluding carboxylic acids is 1.